The summed E-state index contributed by atoms with van der Waals surface area (Å²) in [6.07, 6.45) is 0. The molecule has 0 spiro atoms. The smallest absolute Gasteiger partial charge is 0.122 e. The van der Waals surface area contributed by atoms with Crippen LogP contribution in [0.15, 0.2) is 42.5 Å². The summed E-state index contributed by atoms with van der Waals surface area (Å²) in [5, 5.41) is 0. The first kappa shape index (κ1) is 12.1. The second-order valence-electron chi connectivity index (χ2n) is 4.21. The van der Waals surface area contributed by atoms with Crippen molar-refractivity contribution < 1.29 is 4.74 Å². The van der Waals surface area contributed by atoms with E-state index >= 15 is 0 Å². The average molecular weight is 247 g/mol. The highest BCUT2D eigenvalue weighted by atomic mass is 32.1. The van der Waals surface area contributed by atoms with Crippen LogP contribution in [-0.4, -0.2) is 19.0 Å². The lowest BCUT2D eigenvalue weighted by atomic mass is 10.3. The summed E-state index contributed by atoms with van der Waals surface area (Å²) in [6, 6.07) is 14.2. The Morgan fingerprint density at radius 2 is 1.71 bits per heavy atom. The summed E-state index contributed by atoms with van der Waals surface area (Å²) >= 11 is 1.81. The molecule has 0 saturated heterocycles. The van der Waals surface area contributed by atoms with Gasteiger partial charge in [0.25, 0.3) is 0 Å². The highest BCUT2D eigenvalue weighted by Gasteiger charge is 2.02. The van der Waals surface area contributed by atoms with Gasteiger partial charge in [0.15, 0.2) is 0 Å². The van der Waals surface area contributed by atoms with Crippen LogP contribution in [0.4, 0.5) is 0 Å². The number of nitrogens with zero attached hydrogens (tertiary/aromatic N) is 1. The molecule has 0 bridgehead atoms. The van der Waals surface area contributed by atoms with Gasteiger partial charge in [-0.05, 0) is 38.4 Å². The molecule has 0 aliphatic carbocycles. The third-order valence-corrected chi connectivity index (χ3v) is 3.36. The SMILES string of the molecule is CN(C)Cc1ccc(COc2ccccc2)s1. The lowest BCUT2D eigenvalue weighted by Gasteiger charge is -2.06. The standard InChI is InChI=1S/C14H17NOS/c1-15(2)10-13-8-9-14(17-13)11-16-12-6-4-3-5-7-12/h3-9H,10-11H2,1-2H3. The molecule has 1 aromatic heterocycles. The minimum Gasteiger partial charge on any atom is -0.488 e. The number of benzene rings is 1. The number of rotatable bonds is 5. The van der Waals surface area contributed by atoms with Crippen LogP contribution in [0.25, 0.3) is 0 Å². The van der Waals surface area contributed by atoms with E-state index in [2.05, 4.69) is 31.1 Å². The summed E-state index contributed by atoms with van der Waals surface area (Å²) in [7, 11) is 4.17. The van der Waals surface area contributed by atoms with E-state index in [1.165, 1.54) is 9.75 Å². The molecule has 0 aliphatic heterocycles. The van der Waals surface area contributed by atoms with Gasteiger partial charge in [-0.15, -0.1) is 11.3 Å². The van der Waals surface area contributed by atoms with E-state index in [1.807, 2.05) is 41.7 Å². The van der Waals surface area contributed by atoms with Gasteiger partial charge < -0.3 is 9.64 Å². The van der Waals surface area contributed by atoms with E-state index in [1.54, 1.807) is 0 Å². The second-order valence-corrected chi connectivity index (χ2v) is 5.46. The molecule has 2 aromatic rings. The molecule has 0 radical (unpaired) electrons. The first-order valence-corrected chi connectivity index (χ1v) is 6.46. The van der Waals surface area contributed by atoms with Crippen molar-refractivity contribution in [3.8, 4) is 5.75 Å². The third kappa shape index (κ3) is 3.88. The highest BCUT2D eigenvalue weighted by Crippen LogP contribution is 2.20. The minimum atomic E-state index is 0.655. The maximum Gasteiger partial charge on any atom is 0.122 e. The van der Waals surface area contributed by atoms with Crippen molar-refractivity contribution in [2.75, 3.05) is 14.1 Å². The van der Waals surface area contributed by atoms with Crippen molar-refractivity contribution in [3.63, 3.8) is 0 Å². The molecule has 0 unspecified atom stereocenters. The Bertz CT molecular complexity index is 450. The van der Waals surface area contributed by atoms with Crippen LogP contribution in [0.1, 0.15) is 9.75 Å². The molecule has 0 amide bonds. The summed E-state index contributed by atoms with van der Waals surface area (Å²) in [6.45, 7) is 1.65. The maximum absolute atomic E-state index is 5.71. The fraction of sp³-hybridized carbons (Fsp3) is 0.286. The Kier molecular flexibility index (Phi) is 4.18. The van der Waals surface area contributed by atoms with E-state index in [9.17, 15) is 0 Å². The highest BCUT2D eigenvalue weighted by molar-refractivity contribution is 7.11. The molecule has 2 rings (SSSR count). The van der Waals surface area contributed by atoms with Gasteiger partial charge in [0.2, 0.25) is 0 Å². The Morgan fingerprint density at radius 3 is 2.41 bits per heavy atom. The average Bonchev–Trinajstić information content (AvgIpc) is 2.75. The van der Waals surface area contributed by atoms with Gasteiger partial charge in [0, 0.05) is 16.3 Å². The summed E-state index contributed by atoms with van der Waals surface area (Å²) in [4.78, 5) is 4.82. The lowest BCUT2D eigenvalue weighted by molar-refractivity contribution is 0.310. The molecule has 90 valence electrons. The number of ether oxygens (including phenoxy) is 1. The van der Waals surface area contributed by atoms with Crippen molar-refractivity contribution in [1.82, 2.24) is 4.90 Å². The zero-order chi connectivity index (χ0) is 12.1. The van der Waals surface area contributed by atoms with Gasteiger partial charge in [-0.2, -0.15) is 0 Å². The molecule has 0 aliphatic rings. The first-order chi connectivity index (χ1) is 8.24. The molecule has 3 heteroatoms. The number of thiophene rings is 1. The van der Waals surface area contributed by atoms with Gasteiger partial charge in [-0.25, -0.2) is 0 Å². The van der Waals surface area contributed by atoms with Gasteiger partial charge in [0.05, 0.1) is 0 Å². The van der Waals surface area contributed by atoms with Gasteiger partial charge in [0.1, 0.15) is 12.4 Å². The van der Waals surface area contributed by atoms with Crippen LogP contribution in [0.3, 0.4) is 0 Å². The molecule has 0 saturated carbocycles. The van der Waals surface area contributed by atoms with Crippen LogP contribution in [0, 0.1) is 0 Å². The first-order valence-electron chi connectivity index (χ1n) is 5.64. The third-order valence-electron chi connectivity index (χ3n) is 2.31. The van der Waals surface area contributed by atoms with Gasteiger partial charge >= 0.3 is 0 Å². The molecule has 1 heterocycles. The Morgan fingerprint density at radius 1 is 1.00 bits per heavy atom. The van der Waals surface area contributed by atoms with Crippen LogP contribution >= 0.6 is 11.3 Å². The quantitative estimate of drug-likeness (QED) is 0.803. The predicted molar refractivity (Wildman–Crippen MR) is 72.5 cm³/mol. The maximum atomic E-state index is 5.71. The fourth-order valence-corrected chi connectivity index (χ4v) is 2.62. The number of para-hydroxylation sites is 1. The van der Waals surface area contributed by atoms with E-state index in [0.717, 1.165) is 12.3 Å². The van der Waals surface area contributed by atoms with Crippen LogP contribution < -0.4 is 4.74 Å². The summed E-state index contributed by atoms with van der Waals surface area (Å²) < 4.78 is 5.71. The van der Waals surface area contributed by atoms with E-state index in [4.69, 9.17) is 4.74 Å². The molecular formula is C14H17NOS. The van der Waals surface area contributed by atoms with Crippen molar-refractivity contribution in [3.05, 3.63) is 52.2 Å². The molecular weight excluding hydrogens is 230 g/mol. The molecule has 0 atom stereocenters. The van der Waals surface area contributed by atoms with E-state index in [-0.39, 0.29) is 0 Å². The number of hydrogen-bond acceptors (Lipinski definition) is 3. The van der Waals surface area contributed by atoms with E-state index < -0.39 is 0 Å². The van der Waals surface area contributed by atoms with Crippen LogP contribution in [-0.2, 0) is 13.2 Å². The van der Waals surface area contributed by atoms with Gasteiger partial charge in [-0.1, -0.05) is 18.2 Å². The molecule has 0 N–H and O–H groups in total. The fourth-order valence-electron chi connectivity index (χ4n) is 1.57. The Hall–Kier alpha value is -1.32. The van der Waals surface area contributed by atoms with Crippen LogP contribution in [0.2, 0.25) is 0 Å². The molecule has 1 aromatic carbocycles. The van der Waals surface area contributed by atoms with E-state index in [0.29, 0.717) is 6.61 Å². The van der Waals surface area contributed by atoms with Crippen LogP contribution in [0.5, 0.6) is 5.75 Å². The number of hydrogen-bond donors (Lipinski definition) is 0. The predicted octanol–water partition coefficient (Wildman–Crippen LogP) is 3.39. The summed E-state index contributed by atoms with van der Waals surface area (Å²) in [5.41, 5.74) is 0. The molecule has 0 fully saturated rings. The zero-order valence-electron chi connectivity index (χ0n) is 10.2. The largest absolute Gasteiger partial charge is 0.488 e. The van der Waals surface area contributed by atoms with Crippen molar-refractivity contribution in [2.45, 2.75) is 13.2 Å². The van der Waals surface area contributed by atoms with Gasteiger partial charge in [-0.3, -0.25) is 0 Å². The summed E-state index contributed by atoms with van der Waals surface area (Å²) in [5.74, 6) is 0.926. The Labute approximate surface area is 106 Å². The lowest BCUT2D eigenvalue weighted by Crippen LogP contribution is -2.09. The minimum absolute atomic E-state index is 0.655. The van der Waals surface area contributed by atoms with Crippen molar-refractivity contribution >= 4 is 11.3 Å². The topological polar surface area (TPSA) is 12.5 Å². The van der Waals surface area contributed by atoms with Crippen molar-refractivity contribution in [1.29, 1.82) is 0 Å². The van der Waals surface area contributed by atoms with Crippen molar-refractivity contribution in [2.24, 2.45) is 0 Å². The monoisotopic (exact) mass is 247 g/mol. The second kappa shape index (κ2) is 5.84. The normalized spacial score (nSPS) is 10.8. The Balaban J connectivity index is 1.89. The zero-order valence-corrected chi connectivity index (χ0v) is 11.0. The molecule has 17 heavy (non-hydrogen) atoms. The molecule has 2 nitrogen and oxygen atoms in total.